The first-order valence-electron chi connectivity index (χ1n) is 7.29. The molecule has 122 valence electrons. The molecule has 0 atom stereocenters. The van der Waals surface area contributed by atoms with Gasteiger partial charge in [0.15, 0.2) is 0 Å². The molecule has 1 rings (SSSR count). The fourth-order valence-electron chi connectivity index (χ4n) is 2.62. The van der Waals surface area contributed by atoms with Crippen LogP contribution in [0.4, 0.5) is 0 Å². The fraction of sp³-hybridized carbons (Fsp3) is 0.733. The van der Waals surface area contributed by atoms with Gasteiger partial charge in [0, 0.05) is 17.0 Å². The third-order valence-corrected chi connectivity index (χ3v) is 6.11. The Bertz CT molecular complexity index is 554. The van der Waals surface area contributed by atoms with Crippen molar-refractivity contribution in [1.29, 1.82) is 0 Å². The van der Waals surface area contributed by atoms with Gasteiger partial charge in [-0.25, -0.2) is 13.1 Å². The van der Waals surface area contributed by atoms with Crippen LogP contribution in [0.1, 0.15) is 52.8 Å². The summed E-state index contributed by atoms with van der Waals surface area (Å²) in [5, 5.41) is 3.20. The zero-order valence-corrected chi connectivity index (χ0v) is 15.5. The van der Waals surface area contributed by atoms with Crippen LogP contribution in [0.2, 0.25) is 0 Å². The topological polar surface area (TPSA) is 58.2 Å². The van der Waals surface area contributed by atoms with Gasteiger partial charge >= 0.3 is 0 Å². The second-order valence-corrected chi connectivity index (χ2v) is 10.3. The van der Waals surface area contributed by atoms with Crippen molar-refractivity contribution in [2.24, 2.45) is 5.41 Å². The average molecular weight is 333 g/mol. The molecule has 0 aromatic carbocycles. The molecular weight excluding hydrogens is 304 g/mol. The molecule has 2 N–H and O–H groups in total. The molecule has 0 fully saturated rings. The average Bonchev–Trinajstić information content (AvgIpc) is 2.70. The van der Waals surface area contributed by atoms with Crippen molar-refractivity contribution >= 4 is 21.4 Å². The van der Waals surface area contributed by atoms with E-state index in [0.717, 1.165) is 17.8 Å². The third-order valence-electron chi connectivity index (χ3n) is 2.83. The summed E-state index contributed by atoms with van der Waals surface area (Å²) < 4.78 is 28.2. The first-order valence-corrected chi connectivity index (χ1v) is 9.59. The molecule has 0 aliphatic rings. The van der Waals surface area contributed by atoms with E-state index in [0.29, 0.717) is 10.8 Å². The Morgan fingerprint density at radius 2 is 1.76 bits per heavy atom. The van der Waals surface area contributed by atoms with Gasteiger partial charge in [0.1, 0.15) is 4.21 Å². The summed E-state index contributed by atoms with van der Waals surface area (Å²) in [5.41, 5.74) is -0.402. The monoisotopic (exact) mass is 332 g/mol. The molecule has 0 aliphatic heterocycles. The van der Waals surface area contributed by atoms with Crippen LogP contribution in [0.15, 0.2) is 16.3 Å². The summed E-state index contributed by atoms with van der Waals surface area (Å²) in [7, 11) is -3.45. The van der Waals surface area contributed by atoms with Gasteiger partial charge in [-0.1, -0.05) is 27.7 Å². The molecule has 1 aromatic rings. The minimum atomic E-state index is -3.45. The van der Waals surface area contributed by atoms with Gasteiger partial charge in [-0.3, -0.25) is 0 Å². The highest BCUT2D eigenvalue weighted by Gasteiger charge is 2.31. The van der Waals surface area contributed by atoms with E-state index >= 15 is 0 Å². The van der Waals surface area contributed by atoms with Crippen molar-refractivity contribution in [2.45, 2.75) is 64.3 Å². The van der Waals surface area contributed by atoms with Gasteiger partial charge in [-0.05, 0) is 44.4 Å². The zero-order chi connectivity index (χ0) is 16.3. The van der Waals surface area contributed by atoms with E-state index in [2.05, 4.69) is 30.8 Å². The van der Waals surface area contributed by atoms with Gasteiger partial charge < -0.3 is 5.32 Å². The summed E-state index contributed by atoms with van der Waals surface area (Å²) in [5.74, 6) is 0. The van der Waals surface area contributed by atoms with Crippen LogP contribution in [0.25, 0.3) is 0 Å². The lowest BCUT2D eigenvalue weighted by atomic mass is 9.82. The Labute approximate surface area is 133 Å². The van der Waals surface area contributed by atoms with Gasteiger partial charge in [-0.15, -0.1) is 11.3 Å². The first-order chi connectivity index (χ1) is 9.45. The molecule has 0 spiro atoms. The van der Waals surface area contributed by atoms with Crippen LogP contribution in [0.5, 0.6) is 0 Å². The maximum atomic E-state index is 12.5. The van der Waals surface area contributed by atoms with Crippen molar-refractivity contribution in [1.82, 2.24) is 10.0 Å². The largest absolute Gasteiger partial charge is 0.312 e. The maximum Gasteiger partial charge on any atom is 0.250 e. The summed E-state index contributed by atoms with van der Waals surface area (Å²) in [6.07, 6.45) is 0.773. The molecule has 0 amide bonds. The third kappa shape index (κ3) is 6.46. The second kappa shape index (κ2) is 6.77. The highest BCUT2D eigenvalue weighted by molar-refractivity contribution is 7.91. The van der Waals surface area contributed by atoms with Crippen LogP contribution in [0.3, 0.4) is 0 Å². The molecular formula is C15H28N2O2S2. The Kier molecular flexibility index (Phi) is 6.00. The number of rotatable bonds is 7. The predicted molar refractivity (Wildman–Crippen MR) is 90.2 cm³/mol. The van der Waals surface area contributed by atoms with Crippen molar-refractivity contribution in [3.8, 4) is 0 Å². The molecule has 0 unspecified atom stereocenters. The quantitative estimate of drug-likeness (QED) is 0.805. The number of hydrogen-bond donors (Lipinski definition) is 2. The van der Waals surface area contributed by atoms with Crippen molar-refractivity contribution in [2.75, 3.05) is 6.54 Å². The van der Waals surface area contributed by atoms with E-state index < -0.39 is 15.6 Å². The zero-order valence-electron chi connectivity index (χ0n) is 13.9. The Morgan fingerprint density at radius 1 is 1.14 bits per heavy atom. The van der Waals surface area contributed by atoms with E-state index in [4.69, 9.17) is 0 Å². The smallest absolute Gasteiger partial charge is 0.250 e. The Balaban J connectivity index is 2.83. The summed E-state index contributed by atoms with van der Waals surface area (Å²) >= 11 is 1.33. The molecule has 6 heteroatoms. The molecule has 1 heterocycles. The molecule has 0 aliphatic carbocycles. The molecule has 0 saturated heterocycles. The van der Waals surface area contributed by atoms with Gasteiger partial charge in [-0.2, -0.15) is 0 Å². The number of nitrogens with one attached hydrogen (secondary N) is 2. The standard InChI is InChI=1S/C15H28N2O2S2/c1-7-16-10-12-8-9-13(20-12)21(18,19)17-15(5,6)11-14(2,3)4/h8-9,16-17H,7,10-11H2,1-6H3. The number of sulfonamides is 1. The van der Waals surface area contributed by atoms with Gasteiger partial charge in [0.05, 0.1) is 0 Å². The van der Waals surface area contributed by atoms with Crippen LogP contribution < -0.4 is 10.0 Å². The minimum absolute atomic E-state index is 0.0671. The van der Waals surface area contributed by atoms with Gasteiger partial charge in [0.2, 0.25) is 0 Å². The minimum Gasteiger partial charge on any atom is -0.312 e. The highest BCUT2D eigenvalue weighted by atomic mass is 32.2. The summed E-state index contributed by atoms with van der Waals surface area (Å²) in [4.78, 5) is 1.03. The molecule has 21 heavy (non-hydrogen) atoms. The molecule has 0 saturated carbocycles. The predicted octanol–water partition coefficient (Wildman–Crippen LogP) is 3.35. The molecule has 4 nitrogen and oxygen atoms in total. The molecule has 0 radical (unpaired) electrons. The van der Waals surface area contributed by atoms with Crippen molar-refractivity contribution < 1.29 is 8.42 Å². The number of thiophene rings is 1. The summed E-state index contributed by atoms with van der Waals surface area (Å²) in [6.45, 7) is 13.8. The van der Waals surface area contributed by atoms with Crippen molar-refractivity contribution in [3.05, 3.63) is 17.0 Å². The molecule has 0 bridgehead atoms. The molecule has 1 aromatic heterocycles. The lowest BCUT2D eigenvalue weighted by Crippen LogP contribution is -2.45. The normalized spacial score (nSPS) is 13.6. The second-order valence-electron chi connectivity index (χ2n) is 7.23. The Hall–Kier alpha value is -0.430. The van der Waals surface area contributed by atoms with E-state index in [1.165, 1.54) is 11.3 Å². The Morgan fingerprint density at radius 3 is 2.29 bits per heavy atom. The summed E-state index contributed by atoms with van der Waals surface area (Å²) in [6, 6.07) is 3.56. The lowest BCUT2D eigenvalue weighted by molar-refractivity contribution is 0.269. The van der Waals surface area contributed by atoms with Crippen LogP contribution in [-0.2, 0) is 16.6 Å². The van der Waals surface area contributed by atoms with Crippen LogP contribution in [-0.4, -0.2) is 20.5 Å². The highest BCUT2D eigenvalue weighted by Crippen LogP contribution is 2.29. The van der Waals surface area contributed by atoms with Gasteiger partial charge in [0.25, 0.3) is 10.0 Å². The lowest BCUT2D eigenvalue weighted by Gasteiger charge is -2.32. The van der Waals surface area contributed by atoms with E-state index in [9.17, 15) is 8.42 Å². The van der Waals surface area contributed by atoms with Crippen LogP contribution in [0, 0.1) is 5.41 Å². The van der Waals surface area contributed by atoms with E-state index in [1.807, 2.05) is 26.8 Å². The van der Waals surface area contributed by atoms with E-state index in [-0.39, 0.29) is 5.41 Å². The SMILES string of the molecule is CCNCc1ccc(S(=O)(=O)NC(C)(C)CC(C)(C)C)s1. The van der Waals surface area contributed by atoms with Crippen LogP contribution >= 0.6 is 11.3 Å². The first kappa shape index (κ1) is 18.6. The fourth-order valence-corrected chi connectivity index (χ4v) is 5.36. The van der Waals surface area contributed by atoms with E-state index in [1.54, 1.807) is 6.07 Å². The maximum absolute atomic E-state index is 12.5. The van der Waals surface area contributed by atoms with Crippen molar-refractivity contribution in [3.63, 3.8) is 0 Å². The number of hydrogen-bond acceptors (Lipinski definition) is 4.